The Bertz CT molecular complexity index is 2070. The predicted octanol–water partition coefficient (Wildman–Crippen LogP) is 7.46. The van der Waals surface area contributed by atoms with E-state index in [9.17, 15) is 0 Å². The minimum Gasteiger partial charge on any atom is -0.278 e. The standard InChI is InChI=1S/C31H18N6S/c1-3-9-19(10-4-1)29-34-30(20-11-5-2-6-12-20)36-31(35-29)37-23-14-8-7-13-21(23)26-24(37)16-15-22-27-25(38-28(22)26)17-32-18-33-27/h1-18H. The number of thiophene rings is 1. The van der Waals surface area contributed by atoms with Crippen LogP contribution in [0.5, 0.6) is 0 Å². The minimum atomic E-state index is 0.587. The van der Waals surface area contributed by atoms with Gasteiger partial charge in [-0.15, -0.1) is 11.3 Å². The number of para-hydroxylation sites is 1. The zero-order valence-electron chi connectivity index (χ0n) is 20.0. The molecule has 0 amide bonds. The van der Waals surface area contributed by atoms with E-state index >= 15 is 0 Å². The molecule has 0 radical (unpaired) electrons. The third-order valence-corrected chi connectivity index (χ3v) is 7.97. The highest BCUT2D eigenvalue weighted by atomic mass is 32.1. The molecule has 0 fully saturated rings. The molecule has 0 atom stereocenters. The van der Waals surface area contributed by atoms with E-state index in [-0.39, 0.29) is 0 Å². The molecule has 0 aliphatic rings. The lowest BCUT2D eigenvalue weighted by Crippen LogP contribution is -2.06. The molecule has 0 aliphatic carbocycles. The van der Waals surface area contributed by atoms with Crippen molar-refractivity contribution in [1.82, 2.24) is 29.5 Å². The van der Waals surface area contributed by atoms with Gasteiger partial charge in [0, 0.05) is 38.2 Å². The lowest BCUT2D eigenvalue weighted by atomic mass is 10.1. The fraction of sp³-hybridized carbons (Fsp3) is 0. The Hall–Kier alpha value is -5.01. The molecule has 0 saturated carbocycles. The maximum absolute atomic E-state index is 5.02. The SMILES string of the molecule is c1ccc(-c2nc(-c3ccccc3)nc(-n3c4ccccc4c4c5sc6cncnc6c5ccc43)n2)cc1. The second-order valence-electron chi connectivity index (χ2n) is 9.04. The Morgan fingerprint density at radius 1 is 0.605 bits per heavy atom. The largest absolute Gasteiger partial charge is 0.278 e. The Kier molecular flexibility index (Phi) is 4.59. The van der Waals surface area contributed by atoms with Crippen LogP contribution in [0, 0.1) is 0 Å². The molecule has 0 bridgehead atoms. The quantitative estimate of drug-likeness (QED) is 0.249. The van der Waals surface area contributed by atoms with Gasteiger partial charge in [-0.25, -0.2) is 15.0 Å². The van der Waals surface area contributed by atoms with Crippen molar-refractivity contribution in [2.24, 2.45) is 0 Å². The van der Waals surface area contributed by atoms with Gasteiger partial charge in [0.2, 0.25) is 5.95 Å². The average molecular weight is 507 g/mol. The van der Waals surface area contributed by atoms with Gasteiger partial charge in [-0.3, -0.25) is 4.57 Å². The highest BCUT2D eigenvalue weighted by molar-refractivity contribution is 7.26. The third-order valence-electron chi connectivity index (χ3n) is 6.82. The van der Waals surface area contributed by atoms with Crippen molar-refractivity contribution >= 4 is 53.4 Å². The van der Waals surface area contributed by atoms with E-state index in [4.69, 9.17) is 15.0 Å². The Morgan fingerprint density at radius 3 is 2.03 bits per heavy atom. The van der Waals surface area contributed by atoms with Crippen LogP contribution in [-0.2, 0) is 0 Å². The Morgan fingerprint density at radius 2 is 1.29 bits per heavy atom. The molecule has 0 spiro atoms. The van der Waals surface area contributed by atoms with Gasteiger partial charge >= 0.3 is 0 Å². The summed E-state index contributed by atoms with van der Waals surface area (Å²) in [6.45, 7) is 0. The normalized spacial score (nSPS) is 11.7. The van der Waals surface area contributed by atoms with Gasteiger partial charge in [0.05, 0.1) is 21.3 Å². The molecule has 4 aromatic carbocycles. The van der Waals surface area contributed by atoms with Crippen LogP contribution in [0.25, 0.3) is 70.8 Å². The van der Waals surface area contributed by atoms with Crippen LogP contribution in [-0.4, -0.2) is 29.5 Å². The average Bonchev–Trinajstić information content (AvgIpc) is 3.53. The van der Waals surface area contributed by atoms with Gasteiger partial charge < -0.3 is 0 Å². The monoisotopic (exact) mass is 506 g/mol. The third kappa shape index (κ3) is 3.16. The van der Waals surface area contributed by atoms with Crippen molar-refractivity contribution in [3.8, 4) is 28.7 Å². The summed E-state index contributed by atoms with van der Waals surface area (Å²) < 4.78 is 4.42. The lowest BCUT2D eigenvalue weighted by molar-refractivity contribution is 0.953. The van der Waals surface area contributed by atoms with Gasteiger partial charge in [-0.1, -0.05) is 78.9 Å². The highest BCUT2D eigenvalue weighted by Crippen LogP contribution is 2.42. The van der Waals surface area contributed by atoms with Crippen LogP contribution < -0.4 is 0 Å². The zero-order chi connectivity index (χ0) is 25.1. The lowest BCUT2D eigenvalue weighted by Gasteiger charge is -2.10. The maximum Gasteiger partial charge on any atom is 0.238 e. The van der Waals surface area contributed by atoms with Gasteiger partial charge in [-0.2, -0.15) is 9.97 Å². The summed E-state index contributed by atoms with van der Waals surface area (Å²) in [7, 11) is 0. The molecule has 4 heterocycles. The van der Waals surface area contributed by atoms with E-state index in [0.29, 0.717) is 17.6 Å². The molecule has 0 unspecified atom stereocenters. The maximum atomic E-state index is 5.02. The summed E-state index contributed by atoms with van der Waals surface area (Å²) >= 11 is 1.72. The summed E-state index contributed by atoms with van der Waals surface area (Å²) in [6, 6.07) is 32.9. The number of hydrogen-bond acceptors (Lipinski definition) is 6. The summed E-state index contributed by atoms with van der Waals surface area (Å²) in [5, 5.41) is 3.45. The molecule has 38 heavy (non-hydrogen) atoms. The predicted molar refractivity (Wildman–Crippen MR) is 154 cm³/mol. The van der Waals surface area contributed by atoms with E-state index < -0.39 is 0 Å². The van der Waals surface area contributed by atoms with Crippen molar-refractivity contribution in [3.05, 3.63) is 110 Å². The summed E-state index contributed by atoms with van der Waals surface area (Å²) in [5.74, 6) is 1.86. The molecular formula is C31H18N6S. The molecular weight excluding hydrogens is 488 g/mol. The number of fused-ring (bicyclic) bond motifs is 7. The van der Waals surface area contributed by atoms with Crippen LogP contribution >= 0.6 is 11.3 Å². The van der Waals surface area contributed by atoms with Crippen molar-refractivity contribution in [2.45, 2.75) is 0 Å². The first-order valence-corrected chi connectivity index (χ1v) is 13.1. The zero-order valence-corrected chi connectivity index (χ0v) is 20.8. The Labute approximate surface area is 220 Å². The summed E-state index contributed by atoms with van der Waals surface area (Å²) in [4.78, 5) is 23.7. The first kappa shape index (κ1) is 21.1. The summed E-state index contributed by atoms with van der Waals surface area (Å²) in [5.41, 5.74) is 4.96. The second-order valence-corrected chi connectivity index (χ2v) is 10.1. The topological polar surface area (TPSA) is 69.4 Å². The van der Waals surface area contributed by atoms with Gasteiger partial charge in [-0.05, 0) is 18.2 Å². The van der Waals surface area contributed by atoms with Crippen molar-refractivity contribution in [1.29, 1.82) is 0 Å². The van der Waals surface area contributed by atoms with E-state index in [1.807, 2.05) is 66.9 Å². The van der Waals surface area contributed by atoms with Crippen molar-refractivity contribution in [2.75, 3.05) is 0 Å². The summed E-state index contributed by atoms with van der Waals surface area (Å²) in [6.07, 6.45) is 3.51. The first-order chi connectivity index (χ1) is 18.8. The number of aromatic nitrogens is 6. The first-order valence-electron chi connectivity index (χ1n) is 12.3. The molecule has 7 heteroatoms. The van der Waals surface area contributed by atoms with Crippen LogP contribution in [0.4, 0.5) is 0 Å². The smallest absolute Gasteiger partial charge is 0.238 e. The number of benzene rings is 4. The molecule has 8 rings (SSSR count). The van der Waals surface area contributed by atoms with E-state index in [1.165, 1.54) is 10.1 Å². The Balaban J connectivity index is 1.49. The molecule has 8 aromatic rings. The number of nitrogens with zero attached hydrogens (tertiary/aromatic N) is 6. The van der Waals surface area contributed by atoms with Crippen molar-refractivity contribution < 1.29 is 0 Å². The number of rotatable bonds is 3. The van der Waals surface area contributed by atoms with Crippen LogP contribution in [0.1, 0.15) is 0 Å². The van der Waals surface area contributed by atoms with Gasteiger partial charge in [0.1, 0.15) is 6.33 Å². The van der Waals surface area contributed by atoms with Crippen LogP contribution in [0.2, 0.25) is 0 Å². The fourth-order valence-corrected chi connectivity index (χ4v) is 6.32. The van der Waals surface area contributed by atoms with E-state index in [2.05, 4.69) is 50.9 Å². The van der Waals surface area contributed by atoms with E-state index in [0.717, 1.165) is 43.1 Å². The molecule has 178 valence electrons. The second kappa shape index (κ2) is 8.26. The fourth-order valence-electron chi connectivity index (χ4n) is 5.14. The molecule has 4 aromatic heterocycles. The van der Waals surface area contributed by atoms with Crippen LogP contribution in [0.3, 0.4) is 0 Å². The minimum absolute atomic E-state index is 0.587. The highest BCUT2D eigenvalue weighted by Gasteiger charge is 2.20. The van der Waals surface area contributed by atoms with E-state index in [1.54, 1.807) is 17.7 Å². The molecule has 6 nitrogen and oxygen atoms in total. The van der Waals surface area contributed by atoms with Crippen LogP contribution in [0.15, 0.2) is 110 Å². The number of hydrogen-bond donors (Lipinski definition) is 0. The molecule has 0 N–H and O–H groups in total. The molecule has 0 aliphatic heterocycles. The van der Waals surface area contributed by atoms with Gasteiger partial charge in [0.15, 0.2) is 11.6 Å². The van der Waals surface area contributed by atoms with Crippen molar-refractivity contribution in [3.63, 3.8) is 0 Å². The van der Waals surface area contributed by atoms with Gasteiger partial charge in [0.25, 0.3) is 0 Å². The molecule has 0 saturated heterocycles.